The zero-order valence-electron chi connectivity index (χ0n) is 18.9. The second-order valence-corrected chi connectivity index (χ2v) is 9.22. The highest BCUT2D eigenvalue weighted by Crippen LogP contribution is 2.38. The maximum absolute atomic E-state index is 12.2. The van der Waals surface area contributed by atoms with Crippen molar-refractivity contribution in [2.45, 2.75) is 45.4 Å². The number of hydrogen-bond acceptors (Lipinski definition) is 3. The number of carbonyl (C=O) groups excluding carboxylic acids is 1. The Morgan fingerprint density at radius 3 is 2.55 bits per heavy atom. The molecule has 1 fully saturated rings. The van der Waals surface area contributed by atoms with Crippen LogP contribution in [0.15, 0.2) is 35.3 Å². The van der Waals surface area contributed by atoms with Crippen LogP contribution in [0.1, 0.15) is 55.2 Å². The monoisotopic (exact) mass is 420 g/mol. The fourth-order valence-corrected chi connectivity index (χ4v) is 4.97. The van der Waals surface area contributed by atoms with E-state index in [9.17, 15) is 9.59 Å². The number of carbonyl (C=O) groups is 1. The molecule has 6 nitrogen and oxygen atoms in total. The number of likely N-dealkylation sites (tertiary alicyclic amines) is 1. The van der Waals surface area contributed by atoms with Gasteiger partial charge < -0.3 is 15.3 Å². The summed E-state index contributed by atoms with van der Waals surface area (Å²) in [5.74, 6) is 0.579. The Morgan fingerprint density at radius 1 is 1.23 bits per heavy atom. The molecule has 1 aliphatic rings. The zero-order valence-corrected chi connectivity index (χ0v) is 18.9. The highest BCUT2D eigenvalue weighted by atomic mass is 16.1. The molecule has 4 rings (SSSR count). The molecule has 3 heterocycles. The summed E-state index contributed by atoms with van der Waals surface area (Å²) in [6.07, 6.45) is 3.99. The highest BCUT2D eigenvalue weighted by molar-refractivity contribution is 5.92. The summed E-state index contributed by atoms with van der Waals surface area (Å²) in [4.78, 5) is 29.1. The van der Waals surface area contributed by atoms with Crippen molar-refractivity contribution in [2.75, 3.05) is 19.6 Å². The van der Waals surface area contributed by atoms with Crippen LogP contribution in [0.5, 0.6) is 0 Å². The van der Waals surface area contributed by atoms with Crippen molar-refractivity contribution >= 4 is 16.8 Å². The van der Waals surface area contributed by atoms with Crippen molar-refractivity contribution in [3.8, 4) is 11.3 Å². The number of benzene rings is 1. The predicted molar refractivity (Wildman–Crippen MR) is 125 cm³/mol. The summed E-state index contributed by atoms with van der Waals surface area (Å²) < 4.78 is 1.66. The van der Waals surface area contributed by atoms with Gasteiger partial charge in [-0.15, -0.1) is 0 Å². The number of nitrogens with one attached hydrogen (secondary N) is 1. The second kappa shape index (κ2) is 8.35. The number of aromatic amines is 1. The number of primary amides is 1. The third-order valence-electron chi connectivity index (χ3n) is 6.53. The second-order valence-electron chi connectivity index (χ2n) is 9.22. The molecule has 0 aliphatic carbocycles. The Bertz CT molecular complexity index is 1150. The lowest BCUT2D eigenvalue weighted by atomic mass is 9.87. The van der Waals surface area contributed by atoms with Gasteiger partial charge in [0.1, 0.15) is 0 Å². The first-order valence-corrected chi connectivity index (χ1v) is 11.1. The van der Waals surface area contributed by atoms with Crippen LogP contribution in [-0.4, -0.2) is 40.0 Å². The van der Waals surface area contributed by atoms with E-state index in [4.69, 9.17) is 5.73 Å². The average Bonchev–Trinajstić information content (AvgIpc) is 3.11. The van der Waals surface area contributed by atoms with Crippen LogP contribution < -0.4 is 11.3 Å². The molecule has 1 saturated heterocycles. The number of pyridine rings is 1. The molecule has 1 aliphatic heterocycles. The van der Waals surface area contributed by atoms with Crippen LogP contribution in [0, 0.1) is 6.92 Å². The maximum Gasteiger partial charge on any atom is 0.253 e. The molecular formula is C25H32N4O2. The molecule has 0 spiro atoms. The SMILES string of the molecule is Cc1cc(-c2[nH]c3ccc(C4CCN(CC(N)=O)CC4)cc3c2C(C)C)cn(C)c1=O. The largest absolute Gasteiger partial charge is 0.369 e. The van der Waals surface area contributed by atoms with E-state index >= 15 is 0 Å². The Hall–Kier alpha value is -2.86. The van der Waals surface area contributed by atoms with Gasteiger partial charge in [0, 0.05) is 35.3 Å². The quantitative estimate of drug-likeness (QED) is 0.661. The number of nitrogens with zero attached hydrogens (tertiary/aromatic N) is 2. The normalized spacial score (nSPS) is 15.8. The van der Waals surface area contributed by atoms with Crippen molar-refractivity contribution in [3.63, 3.8) is 0 Å². The Morgan fingerprint density at radius 2 is 1.94 bits per heavy atom. The standard InChI is InChI=1S/C25H32N4O2/c1-15(2)23-20-12-18(17-7-9-29(10-8-17)14-22(26)30)5-6-21(20)27-24(23)19-11-16(3)25(31)28(4)13-19/h5-6,11-13,15,17,27H,7-10,14H2,1-4H3,(H2,26,30). The van der Waals surface area contributed by atoms with Gasteiger partial charge in [-0.1, -0.05) is 19.9 Å². The average molecular weight is 421 g/mol. The third-order valence-corrected chi connectivity index (χ3v) is 6.53. The summed E-state index contributed by atoms with van der Waals surface area (Å²) in [7, 11) is 1.80. The molecule has 0 bridgehead atoms. The molecule has 3 N–H and O–H groups in total. The number of amides is 1. The van der Waals surface area contributed by atoms with Crippen LogP contribution in [0.3, 0.4) is 0 Å². The van der Waals surface area contributed by atoms with Crippen LogP contribution in [0.25, 0.3) is 22.2 Å². The van der Waals surface area contributed by atoms with E-state index in [1.807, 2.05) is 19.2 Å². The minimum Gasteiger partial charge on any atom is -0.369 e. The van der Waals surface area contributed by atoms with Crippen molar-refractivity contribution in [1.82, 2.24) is 14.5 Å². The lowest BCUT2D eigenvalue weighted by molar-refractivity contribution is -0.119. The van der Waals surface area contributed by atoms with Crippen LogP contribution in [0.4, 0.5) is 0 Å². The van der Waals surface area contributed by atoms with Crippen molar-refractivity contribution in [3.05, 3.63) is 57.5 Å². The summed E-state index contributed by atoms with van der Waals surface area (Å²) >= 11 is 0. The fourth-order valence-electron chi connectivity index (χ4n) is 4.97. The van der Waals surface area contributed by atoms with E-state index in [2.05, 4.69) is 41.9 Å². The number of H-pyrrole nitrogens is 1. The van der Waals surface area contributed by atoms with E-state index in [-0.39, 0.29) is 11.5 Å². The molecule has 6 heteroatoms. The van der Waals surface area contributed by atoms with Gasteiger partial charge in [-0.2, -0.15) is 0 Å². The van der Waals surface area contributed by atoms with Crippen LogP contribution in [-0.2, 0) is 11.8 Å². The number of rotatable bonds is 5. The van der Waals surface area contributed by atoms with Crippen LogP contribution in [0.2, 0.25) is 0 Å². The minimum atomic E-state index is -0.255. The molecule has 1 aromatic carbocycles. The van der Waals surface area contributed by atoms with Gasteiger partial charge in [-0.25, -0.2) is 0 Å². The first-order chi connectivity index (χ1) is 14.7. The van der Waals surface area contributed by atoms with Gasteiger partial charge in [-0.05, 0) is 74.0 Å². The van der Waals surface area contributed by atoms with E-state index in [1.165, 1.54) is 16.5 Å². The van der Waals surface area contributed by atoms with Gasteiger partial charge in [0.25, 0.3) is 5.56 Å². The molecule has 31 heavy (non-hydrogen) atoms. The van der Waals surface area contributed by atoms with E-state index in [0.29, 0.717) is 18.4 Å². The first kappa shape index (κ1) is 21.4. The molecule has 2 aromatic heterocycles. The van der Waals surface area contributed by atoms with E-state index in [1.54, 1.807) is 11.6 Å². The smallest absolute Gasteiger partial charge is 0.253 e. The maximum atomic E-state index is 12.2. The van der Waals surface area contributed by atoms with E-state index < -0.39 is 0 Å². The summed E-state index contributed by atoms with van der Waals surface area (Å²) in [6.45, 7) is 8.46. The molecule has 0 saturated carbocycles. The topological polar surface area (TPSA) is 84.1 Å². The van der Waals surface area contributed by atoms with E-state index in [0.717, 1.165) is 48.3 Å². The number of aromatic nitrogens is 2. The molecule has 1 amide bonds. The van der Waals surface area contributed by atoms with Crippen molar-refractivity contribution < 1.29 is 4.79 Å². The lowest BCUT2D eigenvalue weighted by Gasteiger charge is -2.31. The molecule has 3 aromatic rings. The van der Waals surface area contributed by atoms with Crippen molar-refractivity contribution in [2.24, 2.45) is 12.8 Å². The van der Waals surface area contributed by atoms with Gasteiger partial charge >= 0.3 is 0 Å². The molecule has 164 valence electrons. The number of fused-ring (bicyclic) bond motifs is 1. The number of hydrogen-bond donors (Lipinski definition) is 2. The molecule has 0 atom stereocenters. The summed E-state index contributed by atoms with van der Waals surface area (Å²) in [6, 6.07) is 8.74. The predicted octanol–water partition coefficient (Wildman–Crippen LogP) is 3.63. The number of nitrogens with two attached hydrogens (primary N) is 1. The summed E-state index contributed by atoms with van der Waals surface area (Å²) in [5, 5.41) is 1.26. The third kappa shape index (κ3) is 4.17. The molecule has 0 radical (unpaired) electrons. The van der Waals surface area contributed by atoms with Gasteiger partial charge in [0.05, 0.1) is 12.2 Å². The Kier molecular flexibility index (Phi) is 5.75. The highest BCUT2D eigenvalue weighted by Gasteiger charge is 2.23. The molecular weight excluding hydrogens is 388 g/mol. The van der Waals surface area contributed by atoms with Crippen LogP contribution >= 0.6 is 0 Å². The Labute approximate surface area is 183 Å². The first-order valence-electron chi connectivity index (χ1n) is 11.1. The number of piperidine rings is 1. The fraction of sp³-hybridized carbons (Fsp3) is 0.440. The van der Waals surface area contributed by atoms with Gasteiger partial charge in [0.2, 0.25) is 5.91 Å². The van der Waals surface area contributed by atoms with Gasteiger partial charge in [0.15, 0.2) is 0 Å². The Balaban J connectivity index is 1.71. The minimum absolute atomic E-state index is 0.0379. The lowest BCUT2D eigenvalue weighted by Crippen LogP contribution is -2.39. The molecule has 0 unspecified atom stereocenters. The van der Waals surface area contributed by atoms with Gasteiger partial charge in [-0.3, -0.25) is 14.5 Å². The number of aryl methyl sites for hydroxylation is 2. The van der Waals surface area contributed by atoms with Crippen molar-refractivity contribution in [1.29, 1.82) is 0 Å². The summed E-state index contributed by atoms with van der Waals surface area (Å²) in [5.41, 5.74) is 12.0. The zero-order chi connectivity index (χ0) is 22.3.